The Morgan fingerprint density at radius 3 is 2.76 bits per heavy atom. The zero-order valence-corrected chi connectivity index (χ0v) is 11.6. The molecule has 0 aliphatic carbocycles. The Balaban J connectivity index is 2.67. The number of pyridine rings is 1. The number of nitrogens with zero attached hydrogens (tertiary/aromatic N) is 2. The lowest BCUT2D eigenvalue weighted by Crippen LogP contribution is -2.32. The van der Waals surface area contributed by atoms with Crippen LogP contribution >= 0.6 is 15.9 Å². The molecule has 0 saturated carbocycles. The van der Waals surface area contributed by atoms with E-state index in [1.165, 1.54) is 0 Å². The molecule has 0 fully saturated rings. The van der Waals surface area contributed by atoms with Crippen LogP contribution in [0.3, 0.4) is 0 Å². The Morgan fingerprint density at radius 2 is 2.24 bits per heavy atom. The van der Waals surface area contributed by atoms with E-state index in [4.69, 9.17) is 5.11 Å². The molecule has 1 aromatic rings. The molecule has 0 spiro atoms. The summed E-state index contributed by atoms with van der Waals surface area (Å²) in [6.45, 7) is 5.59. The molecule has 0 aromatic carbocycles. The summed E-state index contributed by atoms with van der Waals surface area (Å²) in [4.78, 5) is 16.8. The van der Waals surface area contributed by atoms with E-state index in [0.29, 0.717) is 12.5 Å². The van der Waals surface area contributed by atoms with Crippen molar-refractivity contribution in [3.63, 3.8) is 0 Å². The van der Waals surface area contributed by atoms with E-state index in [1.807, 2.05) is 11.0 Å². The number of aliphatic carboxylic acids is 1. The quantitative estimate of drug-likeness (QED) is 0.876. The van der Waals surface area contributed by atoms with Gasteiger partial charge in [-0.05, 0) is 33.5 Å². The second-order valence-corrected chi connectivity index (χ2v) is 5.38. The maximum Gasteiger partial charge on any atom is 0.317 e. The molecule has 0 unspecified atom stereocenters. The third-order valence-corrected chi connectivity index (χ3v) is 2.58. The number of rotatable bonds is 6. The van der Waals surface area contributed by atoms with Crippen LogP contribution in [0.4, 0.5) is 0 Å². The number of hydrogen-bond acceptors (Lipinski definition) is 3. The zero-order valence-electron chi connectivity index (χ0n) is 10.1. The molecule has 0 aliphatic heterocycles. The summed E-state index contributed by atoms with van der Waals surface area (Å²) >= 11 is 3.36. The van der Waals surface area contributed by atoms with Crippen molar-refractivity contribution in [2.24, 2.45) is 5.92 Å². The topological polar surface area (TPSA) is 53.4 Å². The molecule has 1 N–H and O–H groups in total. The number of aromatic nitrogens is 1. The number of carbonyl (C=O) groups is 1. The van der Waals surface area contributed by atoms with Crippen molar-refractivity contribution >= 4 is 21.9 Å². The second-order valence-electron chi connectivity index (χ2n) is 4.47. The molecule has 0 radical (unpaired) electrons. The van der Waals surface area contributed by atoms with Gasteiger partial charge < -0.3 is 5.11 Å². The van der Waals surface area contributed by atoms with Crippen LogP contribution in [0.1, 0.15) is 19.4 Å². The molecular formula is C12H17BrN2O2. The SMILES string of the molecule is CC(C)CN(CC(=O)O)Cc1cncc(Br)c1. The molecule has 1 heterocycles. The van der Waals surface area contributed by atoms with Crippen LogP contribution in [0.2, 0.25) is 0 Å². The summed E-state index contributed by atoms with van der Waals surface area (Å²) in [6, 6.07) is 1.96. The predicted molar refractivity (Wildman–Crippen MR) is 69.7 cm³/mol. The Hall–Kier alpha value is -0.940. The third-order valence-electron chi connectivity index (χ3n) is 2.15. The highest BCUT2D eigenvalue weighted by atomic mass is 79.9. The second kappa shape index (κ2) is 6.71. The summed E-state index contributed by atoms with van der Waals surface area (Å²) in [5.41, 5.74) is 1.02. The highest BCUT2D eigenvalue weighted by Gasteiger charge is 2.12. The Labute approximate surface area is 110 Å². The van der Waals surface area contributed by atoms with Gasteiger partial charge in [-0.3, -0.25) is 14.7 Å². The van der Waals surface area contributed by atoms with Crippen LogP contribution in [-0.2, 0) is 11.3 Å². The van der Waals surface area contributed by atoms with Gasteiger partial charge in [-0.15, -0.1) is 0 Å². The van der Waals surface area contributed by atoms with Gasteiger partial charge in [0.05, 0.1) is 6.54 Å². The van der Waals surface area contributed by atoms with E-state index in [9.17, 15) is 4.79 Å². The lowest BCUT2D eigenvalue weighted by atomic mass is 10.2. The van der Waals surface area contributed by atoms with Crippen molar-refractivity contribution in [3.05, 3.63) is 28.5 Å². The number of carboxylic acid groups (broad SMARTS) is 1. The minimum atomic E-state index is -0.798. The van der Waals surface area contributed by atoms with Gasteiger partial charge in [0.15, 0.2) is 0 Å². The smallest absolute Gasteiger partial charge is 0.317 e. The number of carboxylic acids is 1. The Morgan fingerprint density at radius 1 is 1.53 bits per heavy atom. The van der Waals surface area contributed by atoms with Gasteiger partial charge in [0.1, 0.15) is 0 Å². The molecular weight excluding hydrogens is 284 g/mol. The van der Waals surface area contributed by atoms with Crippen LogP contribution < -0.4 is 0 Å². The molecule has 4 nitrogen and oxygen atoms in total. The monoisotopic (exact) mass is 300 g/mol. The number of hydrogen-bond donors (Lipinski definition) is 1. The van der Waals surface area contributed by atoms with Gasteiger partial charge in [-0.25, -0.2) is 0 Å². The minimum absolute atomic E-state index is 0.0602. The van der Waals surface area contributed by atoms with Crippen LogP contribution in [0.25, 0.3) is 0 Å². The van der Waals surface area contributed by atoms with Crippen molar-refractivity contribution in [2.45, 2.75) is 20.4 Å². The van der Waals surface area contributed by atoms with Crippen LogP contribution in [0.5, 0.6) is 0 Å². The highest BCUT2D eigenvalue weighted by Crippen LogP contribution is 2.12. The fourth-order valence-electron chi connectivity index (χ4n) is 1.69. The first-order valence-electron chi connectivity index (χ1n) is 5.51. The van der Waals surface area contributed by atoms with E-state index in [0.717, 1.165) is 16.6 Å². The first-order chi connectivity index (χ1) is 7.97. The third kappa shape index (κ3) is 5.79. The van der Waals surface area contributed by atoms with Crippen LogP contribution in [-0.4, -0.2) is 34.0 Å². The molecule has 0 atom stereocenters. The van der Waals surface area contributed by atoms with Gasteiger partial charge in [0.2, 0.25) is 0 Å². The summed E-state index contributed by atoms with van der Waals surface area (Å²) in [7, 11) is 0. The fraction of sp³-hybridized carbons (Fsp3) is 0.500. The van der Waals surface area contributed by atoms with Gasteiger partial charge in [0.25, 0.3) is 0 Å². The zero-order chi connectivity index (χ0) is 12.8. The molecule has 17 heavy (non-hydrogen) atoms. The molecule has 5 heteroatoms. The minimum Gasteiger partial charge on any atom is -0.480 e. The molecule has 0 bridgehead atoms. The fourth-order valence-corrected chi connectivity index (χ4v) is 2.11. The maximum absolute atomic E-state index is 10.8. The molecule has 1 aromatic heterocycles. The van der Waals surface area contributed by atoms with Crippen molar-refractivity contribution < 1.29 is 9.90 Å². The van der Waals surface area contributed by atoms with Crippen LogP contribution in [0.15, 0.2) is 22.9 Å². The average Bonchev–Trinajstić information content (AvgIpc) is 2.14. The van der Waals surface area contributed by atoms with E-state index in [1.54, 1.807) is 12.4 Å². The van der Waals surface area contributed by atoms with E-state index >= 15 is 0 Å². The van der Waals surface area contributed by atoms with Crippen molar-refractivity contribution in [1.29, 1.82) is 0 Å². The summed E-state index contributed by atoms with van der Waals surface area (Å²) < 4.78 is 0.912. The molecule has 0 saturated heterocycles. The van der Waals surface area contributed by atoms with E-state index in [-0.39, 0.29) is 6.54 Å². The lowest BCUT2D eigenvalue weighted by molar-refractivity contribution is -0.138. The van der Waals surface area contributed by atoms with Gasteiger partial charge >= 0.3 is 5.97 Å². The van der Waals surface area contributed by atoms with E-state index in [2.05, 4.69) is 34.8 Å². The molecule has 94 valence electrons. The van der Waals surface area contributed by atoms with E-state index < -0.39 is 5.97 Å². The maximum atomic E-state index is 10.8. The highest BCUT2D eigenvalue weighted by molar-refractivity contribution is 9.10. The molecule has 0 aliphatic rings. The van der Waals surface area contributed by atoms with Crippen LogP contribution in [0, 0.1) is 5.92 Å². The summed E-state index contributed by atoms with van der Waals surface area (Å²) in [5, 5.41) is 8.86. The van der Waals surface area contributed by atoms with Gasteiger partial charge in [-0.2, -0.15) is 0 Å². The Bertz CT molecular complexity index is 383. The standard InChI is InChI=1S/C12H17BrN2O2/c1-9(2)6-15(8-12(16)17)7-10-3-11(13)5-14-4-10/h3-5,9H,6-8H2,1-2H3,(H,16,17). The molecule has 0 amide bonds. The van der Waals surface area contributed by atoms with Crippen molar-refractivity contribution in [1.82, 2.24) is 9.88 Å². The first kappa shape index (κ1) is 14.1. The van der Waals surface area contributed by atoms with Crippen molar-refractivity contribution in [3.8, 4) is 0 Å². The van der Waals surface area contributed by atoms with Gasteiger partial charge in [0, 0.05) is 30.0 Å². The Kier molecular flexibility index (Phi) is 5.58. The largest absolute Gasteiger partial charge is 0.480 e. The lowest BCUT2D eigenvalue weighted by Gasteiger charge is -2.22. The normalized spacial score (nSPS) is 11.1. The summed E-state index contributed by atoms with van der Waals surface area (Å²) in [5.74, 6) is -0.358. The first-order valence-corrected chi connectivity index (χ1v) is 6.30. The number of halogens is 1. The van der Waals surface area contributed by atoms with Gasteiger partial charge in [-0.1, -0.05) is 13.8 Å². The van der Waals surface area contributed by atoms with Crippen molar-refractivity contribution in [2.75, 3.05) is 13.1 Å². The predicted octanol–water partition coefficient (Wildman–Crippen LogP) is 2.39. The molecule has 1 rings (SSSR count). The summed E-state index contributed by atoms with van der Waals surface area (Å²) in [6.07, 6.45) is 3.48. The average molecular weight is 301 g/mol.